The molecule has 0 unspecified atom stereocenters. The number of aliphatic hydroxyl groups is 1. The molecule has 1 aromatic heterocycles. The molecule has 0 aliphatic carbocycles. The summed E-state index contributed by atoms with van der Waals surface area (Å²) in [5.41, 5.74) is 2.18. The fraction of sp³-hybridized carbons (Fsp3) is 0.250. The number of benzene rings is 1. The Kier molecular flexibility index (Phi) is 6.94. The van der Waals surface area contributed by atoms with Crippen molar-refractivity contribution in [3.05, 3.63) is 49.7 Å². The molecule has 0 fully saturated rings. The first kappa shape index (κ1) is 20.1. The molecule has 3 N–H and O–H groups in total. The van der Waals surface area contributed by atoms with Crippen molar-refractivity contribution in [1.29, 1.82) is 0 Å². The Morgan fingerprint density at radius 1 is 1.42 bits per heavy atom. The number of anilines is 2. The molecule has 0 aliphatic rings. The molecule has 1 heterocycles. The van der Waals surface area contributed by atoms with Crippen LogP contribution in [0, 0.1) is 16.3 Å². The Balaban J connectivity index is 2.35. The van der Waals surface area contributed by atoms with E-state index in [0.717, 1.165) is 0 Å². The number of halogens is 2. The molecule has 0 saturated carbocycles. The number of carbonyl (C=O) groups is 1. The third-order valence-corrected chi connectivity index (χ3v) is 3.99. The molecule has 2 aromatic rings. The van der Waals surface area contributed by atoms with Crippen molar-refractivity contribution in [3.8, 4) is 5.75 Å². The third kappa shape index (κ3) is 4.93. The number of nitrogens with one attached hydrogen (secondary N) is 2. The molecule has 0 radical (unpaired) electrons. The van der Waals surface area contributed by atoms with Gasteiger partial charge in [-0.3, -0.25) is 9.63 Å². The molecule has 26 heavy (non-hydrogen) atoms. The summed E-state index contributed by atoms with van der Waals surface area (Å²) in [7, 11) is 1.50. The standard InChI is InChI=1S/C16H17FIN3O5/c1-9-14(19-12-4-3-10(18)7-11(12)17)13(8-21(2)15(9)23)26-16(24)20-25-6-5-22/h3-4,7-8,19,22H,5-6H2,1-2H3,(H,20,24). The van der Waals surface area contributed by atoms with Crippen molar-refractivity contribution in [2.45, 2.75) is 6.92 Å². The van der Waals surface area contributed by atoms with Gasteiger partial charge in [0.05, 0.1) is 30.8 Å². The van der Waals surface area contributed by atoms with Gasteiger partial charge in [0.2, 0.25) is 0 Å². The molecular weight excluding hydrogens is 460 g/mol. The number of aromatic nitrogens is 1. The Morgan fingerprint density at radius 2 is 2.15 bits per heavy atom. The van der Waals surface area contributed by atoms with Crippen LogP contribution in [0.2, 0.25) is 0 Å². The maximum absolute atomic E-state index is 14.1. The summed E-state index contributed by atoms with van der Waals surface area (Å²) in [5.74, 6) is -0.508. The smallest absolute Gasteiger partial charge is 0.405 e. The van der Waals surface area contributed by atoms with E-state index in [2.05, 4.69) is 10.2 Å². The highest BCUT2D eigenvalue weighted by Crippen LogP contribution is 2.30. The fourth-order valence-electron chi connectivity index (χ4n) is 2.09. The lowest BCUT2D eigenvalue weighted by atomic mass is 10.2. The Morgan fingerprint density at radius 3 is 2.81 bits per heavy atom. The summed E-state index contributed by atoms with van der Waals surface area (Å²) in [6.45, 7) is 1.14. The van der Waals surface area contributed by atoms with Gasteiger partial charge in [0.15, 0.2) is 5.75 Å². The van der Waals surface area contributed by atoms with E-state index in [9.17, 15) is 14.0 Å². The minimum atomic E-state index is -0.956. The number of aryl methyl sites for hydroxylation is 1. The zero-order valence-electron chi connectivity index (χ0n) is 14.0. The molecule has 0 saturated heterocycles. The van der Waals surface area contributed by atoms with Gasteiger partial charge in [-0.1, -0.05) is 0 Å². The second-order valence-electron chi connectivity index (χ2n) is 5.22. The summed E-state index contributed by atoms with van der Waals surface area (Å²) in [4.78, 5) is 28.6. The number of nitrogens with zero attached hydrogens (tertiary/aromatic N) is 1. The number of carbonyl (C=O) groups excluding carboxylic acids is 1. The predicted octanol–water partition coefficient (Wildman–Crippen LogP) is 2.19. The van der Waals surface area contributed by atoms with Crippen LogP contribution in [0.5, 0.6) is 5.75 Å². The zero-order valence-corrected chi connectivity index (χ0v) is 16.2. The van der Waals surface area contributed by atoms with Gasteiger partial charge in [-0.2, -0.15) is 5.48 Å². The Hall–Kier alpha value is -2.18. The van der Waals surface area contributed by atoms with Gasteiger partial charge in [-0.05, 0) is 47.7 Å². The molecule has 0 bridgehead atoms. The second kappa shape index (κ2) is 8.96. The van der Waals surface area contributed by atoms with E-state index >= 15 is 0 Å². The van der Waals surface area contributed by atoms with Crippen molar-refractivity contribution in [1.82, 2.24) is 10.0 Å². The van der Waals surface area contributed by atoms with Crippen molar-refractivity contribution < 1.29 is 23.9 Å². The van der Waals surface area contributed by atoms with Gasteiger partial charge < -0.3 is 19.7 Å². The summed E-state index contributed by atoms with van der Waals surface area (Å²) < 4.78 is 21.2. The van der Waals surface area contributed by atoms with Crippen molar-refractivity contribution in [3.63, 3.8) is 0 Å². The largest absolute Gasteiger partial charge is 0.436 e. The lowest BCUT2D eigenvalue weighted by molar-refractivity contribution is 0.0246. The van der Waals surface area contributed by atoms with Crippen LogP contribution in [0.15, 0.2) is 29.2 Å². The maximum Gasteiger partial charge on any atom is 0.436 e. The molecule has 10 heteroatoms. The normalized spacial score (nSPS) is 10.5. The van der Waals surface area contributed by atoms with Crippen LogP contribution in [-0.4, -0.2) is 29.0 Å². The van der Waals surface area contributed by atoms with Gasteiger partial charge in [-0.15, -0.1) is 0 Å². The summed E-state index contributed by atoms with van der Waals surface area (Å²) in [6, 6.07) is 4.54. The maximum atomic E-state index is 14.1. The van der Waals surface area contributed by atoms with Gasteiger partial charge in [0.25, 0.3) is 5.56 Å². The number of rotatable bonds is 6. The molecular formula is C16H17FIN3O5. The number of hydroxylamine groups is 1. The van der Waals surface area contributed by atoms with Crippen LogP contribution in [0.3, 0.4) is 0 Å². The Labute approximate surface area is 162 Å². The molecule has 0 spiro atoms. The van der Waals surface area contributed by atoms with Crippen LogP contribution in [0.4, 0.5) is 20.6 Å². The van der Waals surface area contributed by atoms with E-state index in [1.807, 2.05) is 28.1 Å². The van der Waals surface area contributed by atoms with E-state index < -0.39 is 11.9 Å². The monoisotopic (exact) mass is 477 g/mol. The average Bonchev–Trinajstić information content (AvgIpc) is 2.58. The van der Waals surface area contributed by atoms with Crippen molar-refractivity contribution in [2.24, 2.45) is 7.05 Å². The van der Waals surface area contributed by atoms with E-state index in [0.29, 0.717) is 3.57 Å². The van der Waals surface area contributed by atoms with Gasteiger partial charge >= 0.3 is 6.09 Å². The highest BCUT2D eigenvalue weighted by atomic mass is 127. The number of hydrogen-bond acceptors (Lipinski definition) is 6. The summed E-state index contributed by atoms with van der Waals surface area (Å²) in [6.07, 6.45) is 0.344. The van der Waals surface area contributed by atoms with E-state index in [4.69, 9.17) is 9.84 Å². The first-order valence-electron chi connectivity index (χ1n) is 7.46. The minimum absolute atomic E-state index is 0.00708. The van der Waals surface area contributed by atoms with Crippen LogP contribution in [-0.2, 0) is 11.9 Å². The first-order valence-corrected chi connectivity index (χ1v) is 8.54. The number of ether oxygens (including phenoxy) is 1. The molecule has 8 nitrogen and oxygen atoms in total. The number of pyridine rings is 1. The molecule has 2 rings (SSSR count). The summed E-state index contributed by atoms with van der Waals surface area (Å²) in [5, 5.41) is 11.4. The topological polar surface area (TPSA) is 102 Å². The van der Waals surface area contributed by atoms with Gasteiger partial charge in [0, 0.05) is 16.2 Å². The van der Waals surface area contributed by atoms with Crippen LogP contribution in [0.1, 0.15) is 5.56 Å². The molecule has 140 valence electrons. The van der Waals surface area contributed by atoms with Crippen LogP contribution < -0.4 is 21.1 Å². The number of aliphatic hydroxyl groups excluding tert-OH is 1. The number of amides is 1. The van der Waals surface area contributed by atoms with Crippen LogP contribution >= 0.6 is 22.6 Å². The Bertz CT molecular complexity index is 872. The van der Waals surface area contributed by atoms with E-state index in [-0.39, 0.29) is 41.5 Å². The van der Waals surface area contributed by atoms with Crippen molar-refractivity contribution >= 4 is 40.1 Å². The quantitative estimate of drug-likeness (QED) is 0.335. The minimum Gasteiger partial charge on any atom is -0.405 e. The second-order valence-corrected chi connectivity index (χ2v) is 6.47. The average molecular weight is 477 g/mol. The summed E-state index contributed by atoms with van der Waals surface area (Å²) >= 11 is 1.98. The zero-order chi connectivity index (χ0) is 19.3. The molecule has 1 amide bonds. The fourth-order valence-corrected chi connectivity index (χ4v) is 2.54. The number of hydrogen-bond donors (Lipinski definition) is 3. The molecule has 1 aromatic carbocycles. The predicted molar refractivity (Wildman–Crippen MR) is 101 cm³/mol. The molecule has 0 atom stereocenters. The van der Waals surface area contributed by atoms with Gasteiger partial charge in [0.1, 0.15) is 5.82 Å². The third-order valence-electron chi connectivity index (χ3n) is 3.32. The van der Waals surface area contributed by atoms with Crippen LogP contribution in [0.25, 0.3) is 0 Å². The SMILES string of the molecule is Cc1c(Nc2ccc(I)cc2F)c(OC(=O)NOCCO)cn(C)c1=O. The van der Waals surface area contributed by atoms with E-state index in [1.165, 1.54) is 36.9 Å². The first-order chi connectivity index (χ1) is 12.3. The van der Waals surface area contributed by atoms with Gasteiger partial charge in [-0.25, -0.2) is 9.18 Å². The van der Waals surface area contributed by atoms with E-state index in [1.54, 1.807) is 6.07 Å². The molecule has 0 aliphatic heterocycles. The highest BCUT2D eigenvalue weighted by Gasteiger charge is 2.17. The van der Waals surface area contributed by atoms with Crippen molar-refractivity contribution in [2.75, 3.05) is 18.5 Å². The lowest BCUT2D eigenvalue weighted by Crippen LogP contribution is -2.29. The lowest BCUT2D eigenvalue weighted by Gasteiger charge is -2.16. The highest BCUT2D eigenvalue weighted by molar-refractivity contribution is 14.1.